The second-order valence-corrected chi connectivity index (χ2v) is 7.98. The molecule has 2 aliphatic rings. The first-order valence-electron chi connectivity index (χ1n) is 10.3. The molecule has 1 aliphatic heterocycles. The summed E-state index contributed by atoms with van der Waals surface area (Å²) in [4.78, 5) is 29.2. The van der Waals surface area contributed by atoms with Gasteiger partial charge in [-0.3, -0.25) is 14.5 Å². The largest absolute Gasteiger partial charge is 0.484 e. The van der Waals surface area contributed by atoms with Gasteiger partial charge in [-0.05, 0) is 49.9 Å². The fourth-order valence-corrected chi connectivity index (χ4v) is 4.37. The van der Waals surface area contributed by atoms with Crippen molar-refractivity contribution in [3.8, 4) is 5.75 Å². The maximum Gasteiger partial charge on any atom is 0.260 e. The van der Waals surface area contributed by atoms with Crippen molar-refractivity contribution in [1.29, 1.82) is 0 Å². The van der Waals surface area contributed by atoms with Crippen LogP contribution in [-0.2, 0) is 9.59 Å². The molecule has 28 heavy (non-hydrogen) atoms. The van der Waals surface area contributed by atoms with Crippen LogP contribution in [0.3, 0.4) is 0 Å². The Hall–Kier alpha value is -1.79. The Bertz CT molecular complexity index is 653. The molecule has 0 aromatic heterocycles. The first kappa shape index (κ1) is 20.9. The lowest BCUT2D eigenvalue weighted by Gasteiger charge is -2.40. The molecular formula is C21H30ClN3O3. The van der Waals surface area contributed by atoms with Crippen LogP contribution in [0.15, 0.2) is 24.3 Å². The molecule has 2 amide bonds. The number of halogens is 1. The van der Waals surface area contributed by atoms with Crippen LogP contribution < -0.4 is 10.1 Å². The van der Waals surface area contributed by atoms with Gasteiger partial charge in [0.15, 0.2) is 6.61 Å². The number of nitrogens with one attached hydrogen (secondary N) is 1. The van der Waals surface area contributed by atoms with Crippen molar-refractivity contribution in [2.45, 2.75) is 38.6 Å². The van der Waals surface area contributed by atoms with Crippen molar-refractivity contribution in [3.05, 3.63) is 29.3 Å². The zero-order valence-corrected chi connectivity index (χ0v) is 17.3. The molecule has 1 heterocycles. The van der Waals surface area contributed by atoms with Crippen LogP contribution in [0.4, 0.5) is 0 Å². The van der Waals surface area contributed by atoms with Crippen molar-refractivity contribution >= 4 is 23.4 Å². The van der Waals surface area contributed by atoms with Gasteiger partial charge in [0.25, 0.3) is 5.91 Å². The Balaban J connectivity index is 1.50. The van der Waals surface area contributed by atoms with E-state index < -0.39 is 0 Å². The van der Waals surface area contributed by atoms with E-state index in [1.54, 1.807) is 24.3 Å². The Labute approximate surface area is 172 Å². The van der Waals surface area contributed by atoms with E-state index in [9.17, 15) is 9.59 Å². The van der Waals surface area contributed by atoms with Crippen LogP contribution in [0.5, 0.6) is 5.75 Å². The predicted octanol–water partition coefficient (Wildman–Crippen LogP) is 2.56. The molecule has 0 unspecified atom stereocenters. The topological polar surface area (TPSA) is 61.9 Å². The average molecular weight is 408 g/mol. The molecule has 1 aliphatic carbocycles. The van der Waals surface area contributed by atoms with Gasteiger partial charge in [0.05, 0.1) is 6.04 Å². The van der Waals surface area contributed by atoms with Gasteiger partial charge in [-0.15, -0.1) is 0 Å². The minimum Gasteiger partial charge on any atom is -0.484 e. The summed E-state index contributed by atoms with van der Waals surface area (Å²) in [5.41, 5.74) is 0. The highest BCUT2D eigenvalue weighted by Gasteiger charge is 2.37. The monoisotopic (exact) mass is 407 g/mol. The molecule has 1 N–H and O–H groups in total. The number of benzene rings is 1. The molecule has 0 radical (unpaired) electrons. The van der Waals surface area contributed by atoms with E-state index >= 15 is 0 Å². The van der Waals surface area contributed by atoms with Gasteiger partial charge in [-0.2, -0.15) is 0 Å². The van der Waals surface area contributed by atoms with E-state index in [-0.39, 0.29) is 24.5 Å². The fourth-order valence-electron chi connectivity index (χ4n) is 4.25. The Kier molecular flexibility index (Phi) is 7.57. The summed E-state index contributed by atoms with van der Waals surface area (Å²) < 4.78 is 5.57. The van der Waals surface area contributed by atoms with Gasteiger partial charge >= 0.3 is 0 Å². The van der Waals surface area contributed by atoms with Crippen LogP contribution in [0.1, 0.15) is 32.6 Å². The van der Waals surface area contributed by atoms with Crippen LogP contribution in [0.2, 0.25) is 5.02 Å². The number of nitrogens with zero attached hydrogens (tertiary/aromatic N) is 2. The van der Waals surface area contributed by atoms with E-state index in [2.05, 4.69) is 10.2 Å². The number of likely N-dealkylation sites (N-methyl/N-ethyl adjacent to an activating group) is 1. The second-order valence-electron chi connectivity index (χ2n) is 7.54. The number of rotatable bonds is 7. The van der Waals surface area contributed by atoms with Crippen molar-refractivity contribution in [2.75, 3.05) is 39.3 Å². The zero-order valence-electron chi connectivity index (χ0n) is 16.5. The lowest BCUT2D eigenvalue weighted by Crippen LogP contribution is -2.58. The summed E-state index contributed by atoms with van der Waals surface area (Å²) >= 11 is 5.86. The molecule has 1 saturated heterocycles. The van der Waals surface area contributed by atoms with Gasteiger partial charge in [0, 0.05) is 37.7 Å². The standard InChI is InChI=1S/C21H30ClN3O3/c1-2-23-21(27)20(16-5-3-4-6-16)25-13-11-24(12-14-25)19(26)15-28-18-9-7-17(22)8-10-18/h7-10,16,20H,2-6,11-15H2,1H3,(H,23,27)/t20-/m1/s1. The molecule has 1 atom stereocenters. The van der Waals surface area contributed by atoms with Crippen LogP contribution in [-0.4, -0.2) is 67.0 Å². The summed E-state index contributed by atoms with van der Waals surface area (Å²) in [7, 11) is 0. The van der Waals surface area contributed by atoms with Gasteiger partial charge in [0.2, 0.25) is 5.91 Å². The lowest BCUT2D eigenvalue weighted by molar-refractivity contribution is -0.137. The van der Waals surface area contributed by atoms with Gasteiger partial charge < -0.3 is 15.0 Å². The van der Waals surface area contributed by atoms with Crippen LogP contribution >= 0.6 is 11.6 Å². The summed E-state index contributed by atoms with van der Waals surface area (Å²) in [6.45, 7) is 5.35. The number of carbonyl (C=O) groups excluding carboxylic acids is 2. The van der Waals surface area contributed by atoms with Crippen LogP contribution in [0, 0.1) is 5.92 Å². The van der Waals surface area contributed by atoms with E-state index in [1.165, 1.54) is 12.8 Å². The van der Waals surface area contributed by atoms with Crippen molar-refractivity contribution < 1.29 is 14.3 Å². The Morgan fingerprint density at radius 1 is 1.14 bits per heavy atom. The zero-order chi connectivity index (χ0) is 19.9. The second kappa shape index (κ2) is 10.1. The van der Waals surface area contributed by atoms with Gasteiger partial charge in [-0.1, -0.05) is 24.4 Å². The third-order valence-electron chi connectivity index (χ3n) is 5.70. The number of ether oxygens (including phenoxy) is 1. The summed E-state index contributed by atoms with van der Waals surface area (Å²) in [5, 5.41) is 3.64. The summed E-state index contributed by atoms with van der Waals surface area (Å²) in [5.74, 6) is 1.18. The van der Waals surface area contributed by atoms with Gasteiger partial charge in [0.1, 0.15) is 5.75 Å². The lowest BCUT2D eigenvalue weighted by atomic mass is 9.95. The normalized spacial score (nSPS) is 19.4. The Morgan fingerprint density at radius 2 is 1.79 bits per heavy atom. The molecule has 2 fully saturated rings. The highest BCUT2D eigenvalue weighted by molar-refractivity contribution is 6.30. The van der Waals surface area contributed by atoms with Gasteiger partial charge in [-0.25, -0.2) is 0 Å². The Morgan fingerprint density at radius 3 is 2.39 bits per heavy atom. The maximum absolute atomic E-state index is 12.7. The first-order valence-corrected chi connectivity index (χ1v) is 10.6. The smallest absolute Gasteiger partial charge is 0.260 e. The number of carbonyl (C=O) groups is 2. The molecule has 154 valence electrons. The molecule has 0 spiro atoms. The molecular weight excluding hydrogens is 378 g/mol. The molecule has 3 rings (SSSR count). The van der Waals surface area contributed by atoms with Crippen molar-refractivity contribution in [1.82, 2.24) is 15.1 Å². The average Bonchev–Trinajstić information content (AvgIpc) is 3.22. The van der Waals surface area contributed by atoms with Crippen LogP contribution in [0.25, 0.3) is 0 Å². The maximum atomic E-state index is 12.7. The molecule has 7 heteroatoms. The van der Waals surface area contributed by atoms with E-state index in [1.807, 2.05) is 11.8 Å². The molecule has 1 saturated carbocycles. The third kappa shape index (κ3) is 5.39. The van der Waals surface area contributed by atoms with E-state index in [0.29, 0.717) is 36.3 Å². The number of amides is 2. The molecule has 0 bridgehead atoms. The minimum atomic E-state index is -0.0648. The SMILES string of the molecule is CCNC(=O)[C@@H](C1CCCC1)N1CCN(C(=O)COc2ccc(Cl)cc2)CC1. The fraction of sp³-hybridized carbons (Fsp3) is 0.619. The number of hydrogen-bond donors (Lipinski definition) is 1. The quantitative estimate of drug-likeness (QED) is 0.754. The summed E-state index contributed by atoms with van der Waals surface area (Å²) in [6, 6.07) is 6.93. The third-order valence-corrected chi connectivity index (χ3v) is 5.95. The van der Waals surface area contributed by atoms with E-state index in [4.69, 9.17) is 16.3 Å². The van der Waals surface area contributed by atoms with Crippen molar-refractivity contribution in [2.24, 2.45) is 5.92 Å². The molecule has 6 nitrogen and oxygen atoms in total. The van der Waals surface area contributed by atoms with E-state index in [0.717, 1.165) is 25.9 Å². The highest BCUT2D eigenvalue weighted by atomic mass is 35.5. The number of piperazine rings is 1. The molecule has 1 aromatic carbocycles. The van der Waals surface area contributed by atoms with Crippen molar-refractivity contribution in [3.63, 3.8) is 0 Å². The molecule has 1 aromatic rings. The first-order chi connectivity index (χ1) is 13.6. The summed E-state index contributed by atoms with van der Waals surface area (Å²) in [6.07, 6.45) is 4.66. The number of hydrogen-bond acceptors (Lipinski definition) is 4. The minimum absolute atomic E-state index is 0.0179. The predicted molar refractivity (Wildman–Crippen MR) is 110 cm³/mol. The highest BCUT2D eigenvalue weighted by Crippen LogP contribution is 2.31.